The smallest absolute Gasteiger partial charge is 0.339 e. The van der Waals surface area contributed by atoms with Gasteiger partial charge in [0.05, 0.1) is 6.61 Å². The van der Waals surface area contributed by atoms with Crippen LogP contribution in [-0.2, 0) is 24.5 Å². The summed E-state index contributed by atoms with van der Waals surface area (Å²) in [4.78, 5) is 43.3. The van der Waals surface area contributed by atoms with Gasteiger partial charge in [-0.15, -0.1) is 0 Å². The molecule has 7 nitrogen and oxygen atoms in total. The van der Waals surface area contributed by atoms with Crippen molar-refractivity contribution in [3.63, 3.8) is 0 Å². The summed E-state index contributed by atoms with van der Waals surface area (Å²) in [5.74, 6) is -1.45. The van der Waals surface area contributed by atoms with Crippen molar-refractivity contribution < 1.29 is 19.1 Å². The lowest BCUT2D eigenvalue weighted by molar-refractivity contribution is -0.140. The number of carbonyl (C=O) groups is 3. The number of anilines is 2. The first-order valence-corrected chi connectivity index (χ1v) is 12.8. The molecule has 9 heteroatoms. The Kier molecular flexibility index (Phi) is 5.80. The summed E-state index contributed by atoms with van der Waals surface area (Å²) in [6.45, 7) is 5.74. The molecule has 1 atom stereocenters. The van der Waals surface area contributed by atoms with Crippen molar-refractivity contribution in [1.82, 2.24) is 0 Å². The fraction of sp³-hybridized carbons (Fsp3) is 0.296. The summed E-state index contributed by atoms with van der Waals surface area (Å²) in [7, 11) is 0. The third-order valence-corrected chi connectivity index (χ3v) is 7.62. The Bertz CT molecular complexity index is 1410. The van der Waals surface area contributed by atoms with Gasteiger partial charge in [-0.1, -0.05) is 47.4 Å². The van der Waals surface area contributed by atoms with Gasteiger partial charge in [-0.2, -0.15) is 0 Å². The quantitative estimate of drug-likeness (QED) is 0.493. The molecule has 3 aliphatic rings. The molecule has 0 saturated heterocycles. The van der Waals surface area contributed by atoms with E-state index in [2.05, 4.69) is 21.2 Å². The second-order valence-corrected chi connectivity index (χ2v) is 11.3. The molecule has 2 aromatic carbocycles. The Labute approximate surface area is 222 Å². The number of ether oxygens (including phenoxy) is 1. The number of esters is 1. The summed E-state index contributed by atoms with van der Waals surface area (Å²) < 4.78 is 6.14. The van der Waals surface area contributed by atoms with Crippen molar-refractivity contribution in [2.75, 3.05) is 16.8 Å². The lowest BCUT2D eigenvalue weighted by Crippen LogP contribution is -2.54. The number of benzene rings is 2. The van der Waals surface area contributed by atoms with Crippen molar-refractivity contribution >= 4 is 56.6 Å². The number of rotatable bonds is 3. The summed E-state index contributed by atoms with van der Waals surface area (Å²) in [5, 5.41) is 3.35. The van der Waals surface area contributed by atoms with E-state index in [1.807, 2.05) is 13.8 Å². The Morgan fingerprint density at radius 3 is 2.64 bits per heavy atom. The van der Waals surface area contributed by atoms with Gasteiger partial charge < -0.3 is 15.8 Å². The number of hydrogen-bond acceptors (Lipinski definition) is 6. The van der Waals surface area contributed by atoms with E-state index in [1.165, 1.54) is 0 Å². The van der Waals surface area contributed by atoms with Gasteiger partial charge in [0.2, 0.25) is 5.91 Å². The average Bonchev–Trinajstić information content (AvgIpc) is 3.04. The van der Waals surface area contributed by atoms with E-state index in [0.29, 0.717) is 38.6 Å². The highest BCUT2D eigenvalue weighted by Crippen LogP contribution is 2.57. The molecule has 3 N–H and O–H groups in total. The Morgan fingerprint density at radius 2 is 1.94 bits per heavy atom. The molecule has 2 aromatic rings. The SMILES string of the molecule is CCOC(=O)C1=C(N)N(c2cccc(Cl)c2)C2=C(C(=O)CC(C)(C)C2)C12C(=O)Nc1ccc(Br)cc12. The standard InChI is InChI=1S/C27H25BrClN3O4/c1-4-36-24(34)22-23(30)32(16-7-5-6-15(29)11-16)19-12-26(2,3)13-20(33)21(19)27(22)17-10-14(28)8-9-18(17)31-25(27)35/h5-11H,4,12-13,30H2,1-3H3,(H,31,35). The number of amides is 1. The van der Waals surface area contributed by atoms with E-state index in [9.17, 15) is 14.4 Å². The normalized spacial score (nSPS) is 22.5. The van der Waals surface area contributed by atoms with Crippen LogP contribution in [0.2, 0.25) is 5.02 Å². The zero-order chi connectivity index (χ0) is 26.0. The first kappa shape index (κ1) is 24.6. The first-order chi connectivity index (χ1) is 17.0. The van der Waals surface area contributed by atoms with Crippen LogP contribution in [0.3, 0.4) is 0 Å². The van der Waals surface area contributed by atoms with Crippen molar-refractivity contribution in [1.29, 1.82) is 0 Å². The van der Waals surface area contributed by atoms with Crippen LogP contribution in [0.25, 0.3) is 0 Å². The third kappa shape index (κ3) is 3.50. The minimum atomic E-state index is -1.74. The highest BCUT2D eigenvalue weighted by molar-refractivity contribution is 9.10. The summed E-state index contributed by atoms with van der Waals surface area (Å²) >= 11 is 9.81. The number of nitrogens with one attached hydrogen (secondary N) is 1. The molecule has 5 rings (SSSR count). The van der Waals surface area contributed by atoms with Gasteiger partial charge in [-0.05, 0) is 55.2 Å². The fourth-order valence-electron chi connectivity index (χ4n) is 5.62. The van der Waals surface area contributed by atoms with Crippen LogP contribution in [0.4, 0.5) is 11.4 Å². The van der Waals surface area contributed by atoms with Crippen molar-refractivity contribution in [2.45, 2.75) is 39.0 Å². The van der Waals surface area contributed by atoms with Gasteiger partial charge in [-0.25, -0.2) is 4.79 Å². The maximum absolute atomic E-state index is 14.0. The van der Waals surface area contributed by atoms with Crippen LogP contribution in [0.1, 0.15) is 39.2 Å². The minimum absolute atomic E-state index is 0.0305. The van der Waals surface area contributed by atoms with Gasteiger partial charge in [0.25, 0.3) is 0 Å². The number of Topliss-reactive ketones (excluding diaryl/α,β-unsaturated/α-hetero) is 1. The number of allylic oxidation sites excluding steroid dienone is 1. The minimum Gasteiger partial charge on any atom is -0.462 e. The largest absolute Gasteiger partial charge is 0.462 e. The lowest BCUT2D eigenvalue weighted by atomic mass is 9.60. The first-order valence-electron chi connectivity index (χ1n) is 11.6. The number of ketones is 1. The second-order valence-electron chi connectivity index (χ2n) is 9.95. The van der Waals surface area contributed by atoms with Gasteiger partial charge in [-0.3, -0.25) is 14.5 Å². The highest BCUT2D eigenvalue weighted by Gasteiger charge is 2.63. The lowest BCUT2D eigenvalue weighted by Gasteiger charge is -2.47. The van der Waals surface area contributed by atoms with Crippen LogP contribution in [0.5, 0.6) is 0 Å². The third-order valence-electron chi connectivity index (χ3n) is 6.89. The predicted octanol–water partition coefficient (Wildman–Crippen LogP) is 5.19. The molecule has 0 radical (unpaired) electrons. The molecule has 0 bridgehead atoms. The van der Waals surface area contributed by atoms with E-state index in [1.54, 1.807) is 54.3 Å². The molecule has 2 heterocycles. The van der Waals surface area contributed by atoms with E-state index in [4.69, 9.17) is 22.1 Å². The Morgan fingerprint density at radius 1 is 1.19 bits per heavy atom. The molecular formula is C27H25BrClN3O4. The number of fused-ring (bicyclic) bond motifs is 3. The van der Waals surface area contributed by atoms with Crippen molar-refractivity contribution in [3.8, 4) is 0 Å². The van der Waals surface area contributed by atoms with E-state index in [0.717, 1.165) is 0 Å². The van der Waals surface area contributed by atoms with Gasteiger partial charge in [0.15, 0.2) is 5.78 Å². The number of nitrogens with zero attached hydrogens (tertiary/aromatic N) is 1. The number of halogens is 2. The summed E-state index contributed by atoms with van der Waals surface area (Å²) in [6, 6.07) is 12.3. The highest BCUT2D eigenvalue weighted by atomic mass is 79.9. The van der Waals surface area contributed by atoms with E-state index in [-0.39, 0.29) is 35.8 Å². The zero-order valence-electron chi connectivity index (χ0n) is 20.1. The second kappa shape index (κ2) is 8.49. The van der Waals surface area contributed by atoms with Gasteiger partial charge >= 0.3 is 5.97 Å². The Hall–Kier alpha value is -3.10. The molecule has 1 spiro atoms. The predicted molar refractivity (Wildman–Crippen MR) is 141 cm³/mol. The summed E-state index contributed by atoms with van der Waals surface area (Å²) in [5.41, 5.74) is 7.00. The monoisotopic (exact) mass is 569 g/mol. The molecular weight excluding hydrogens is 546 g/mol. The van der Waals surface area contributed by atoms with Crippen molar-refractivity contribution in [3.05, 3.63) is 80.2 Å². The molecule has 1 aliphatic carbocycles. The molecule has 1 unspecified atom stereocenters. The molecule has 1 amide bonds. The zero-order valence-corrected chi connectivity index (χ0v) is 22.4. The van der Waals surface area contributed by atoms with Crippen LogP contribution in [-0.4, -0.2) is 24.3 Å². The van der Waals surface area contributed by atoms with Gasteiger partial charge in [0, 0.05) is 44.1 Å². The number of carbonyl (C=O) groups excluding carboxylic acids is 3. The molecule has 36 heavy (non-hydrogen) atoms. The van der Waals surface area contributed by atoms with Crippen LogP contribution in [0.15, 0.2) is 69.6 Å². The molecule has 186 valence electrons. The van der Waals surface area contributed by atoms with E-state index < -0.39 is 22.7 Å². The number of nitrogens with two attached hydrogens (primary N) is 1. The molecule has 2 aliphatic heterocycles. The van der Waals surface area contributed by atoms with E-state index >= 15 is 0 Å². The van der Waals surface area contributed by atoms with Crippen LogP contribution < -0.4 is 16.0 Å². The molecule has 0 fully saturated rings. The van der Waals surface area contributed by atoms with Crippen molar-refractivity contribution in [2.24, 2.45) is 11.1 Å². The molecule has 0 aromatic heterocycles. The van der Waals surface area contributed by atoms with Crippen LogP contribution in [0, 0.1) is 5.41 Å². The Balaban J connectivity index is 1.93. The maximum Gasteiger partial charge on any atom is 0.339 e. The van der Waals surface area contributed by atoms with Crippen LogP contribution >= 0.6 is 27.5 Å². The van der Waals surface area contributed by atoms with Gasteiger partial charge in [0.1, 0.15) is 16.8 Å². The number of hydrogen-bond donors (Lipinski definition) is 2. The summed E-state index contributed by atoms with van der Waals surface area (Å²) in [6.07, 6.45) is 0.666. The maximum atomic E-state index is 14.0. The fourth-order valence-corrected chi connectivity index (χ4v) is 6.17. The molecule has 0 saturated carbocycles. The topological polar surface area (TPSA) is 102 Å². The average molecular weight is 571 g/mol.